The highest BCUT2D eigenvalue weighted by atomic mass is 32.2. The summed E-state index contributed by atoms with van der Waals surface area (Å²) in [5.41, 5.74) is 1.26. The van der Waals surface area contributed by atoms with E-state index in [4.69, 9.17) is 0 Å². The Bertz CT molecular complexity index is 520. The summed E-state index contributed by atoms with van der Waals surface area (Å²) in [4.78, 5) is 0. The normalized spacial score (nSPS) is 15.7. The van der Waals surface area contributed by atoms with E-state index < -0.39 is 10.0 Å². The molecular weight excluding hydrogens is 264 g/mol. The van der Waals surface area contributed by atoms with Crippen LogP contribution in [0.15, 0.2) is 6.20 Å². The van der Waals surface area contributed by atoms with E-state index >= 15 is 0 Å². The molecule has 0 amide bonds. The molecule has 1 aromatic rings. The molecule has 1 heterocycles. The molecule has 6 nitrogen and oxygen atoms in total. The summed E-state index contributed by atoms with van der Waals surface area (Å²) in [7, 11) is -1.49. The first-order chi connectivity index (χ1) is 8.96. The summed E-state index contributed by atoms with van der Waals surface area (Å²) >= 11 is 0. The Balaban J connectivity index is 1.72. The van der Waals surface area contributed by atoms with Gasteiger partial charge in [-0.3, -0.25) is 9.40 Å². The van der Waals surface area contributed by atoms with E-state index in [2.05, 4.69) is 15.1 Å². The van der Waals surface area contributed by atoms with E-state index in [0.29, 0.717) is 23.8 Å². The van der Waals surface area contributed by atoms with Gasteiger partial charge in [-0.25, -0.2) is 8.42 Å². The molecule has 2 N–H and O–H groups in total. The molecule has 1 aliphatic rings. The van der Waals surface area contributed by atoms with Gasteiger partial charge in [0.1, 0.15) is 0 Å². The predicted molar refractivity (Wildman–Crippen MR) is 75.6 cm³/mol. The van der Waals surface area contributed by atoms with Crippen LogP contribution in [0.5, 0.6) is 0 Å². The minimum atomic E-state index is -3.26. The molecule has 108 valence electrons. The van der Waals surface area contributed by atoms with E-state index in [1.54, 1.807) is 24.9 Å². The second-order valence-corrected chi connectivity index (χ2v) is 7.00. The lowest BCUT2D eigenvalue weighted by Crippen LogP contribution is -2.20. The maximum atomic E-state index is 11.9. The molecule has 0 radical (unpaired) electrons. The number of hydrogen-bond acceptors (Lipinski definition) is 4. The fraction of sp³-hybridized carbons (Fsp3) is 0.750. The second kappa shape index (κ2) is 5.92. The van der Waals surface area contributed by atoms with Crippen molar-refractivity contribution < 1.29 is 8.42 Å². The van der Waals surface area contributed by atoms with Crippen molar-refractivity contribution in [3.8, 4) is 0 Å². The Kier molecular flexibility index (Phi) is 4.46. The van der Waals surface area contributed by atoms with Gasteiger partial charge >= 0.3 is 0 Å². The Morgan fingerprint density at radius 2 is 2.16 bits per heavy atom. The van der Waals surface area contributed by atoms with Gasteiger partial charge in [-0.05, 0) is 39.2 Å². The number of nitrogens with zero attached hydrogens (tertiary/aromatic N) is 2. The molecule has 1 aromatic heterocycles. The maximum Gasteiger partial charge on any atom is 0.232 e. The average Bonchev–Trinajstić information content (AvgIpc) is 3.06. The summed E-state index contributed by atoms with van der Waals surface area (Å²) in [5.74, 6) is 0.160. The minimum Gasteiger partial charge on any atom is -0.314 e. The Morgan fingerprint density at radius 3 is 2.74 bits per heavy atom. The third-order valence-electron chi connectivity index (χ3n) is 3.13. The summed E-state index contributed by atoms with van der Waals surface area (Å²) < 4.78 is 28.0. The van der Waals surface area contributed by atoms with Gasteiger partial charge in [-0.2, -0.15) is 5.10 Å². The lowest BCUT2D eigenvalue weighted by atomic mass is 10.3. The van der Waals surface area contributed by atoms with E-state index in [1.807, 2.05) is 0 Å². The molecule has 1 aliphatic carbocycles. The molecule has 2 rings (SSSR count). The number of rotatable bonds is 8. The highest BCUT2D eigenvalue weighted by molar-refractivity contribution is 7.92. The molecule has 0 aromatic carbocycles. The minimum absolute atomic E-state index is 0.160. The van der Waals surface area contributed by atoms with Crippen LogP contribution in [-0.4, -0.2) is 36.5 Å². The van der Waals surface area contributed by atoms with Gasteiger partial charge in [0.25, 0.3) is 0 Å². The topological polar surface area (TPSA) is 76.0 Å². The first-order valence-corrected chi connectivity index (χ1v) is 8.35. The van der Waals surface area contributed by atoms with E-state index in [1.165, 1.54) is 12.8 Å². The molecule has 0 saturated heterocycles. The number of aromatic nitrogens is 2. The van der Waals surface area contributed by atoms with Gasteiger partial charge in [0.2, 0.25) is 10.0 Å². The van der Waals surface area contributed by atoms with Crippen LogP contribution < -0.4 is 10.0 Å². The van der Waals surface area contributed by atoms with E-state index in [-0.39, 0.29) is 5.75 Å². The molecule has 0 aliphatic heterocycles. The van der Waals surface area contributed by atoms with Crippen molar-refractivity contribution in [2.24, 2.45) is 7.05 Å². The summed E-state index contributed by atoms with van der Waals surface area (Å²) in [5, 5.41) is 7.49. The highest BCUT2D eigenvalue weighted by Gasteiger charge is 2.19. The van der Waals surface area contributed by atoms with Gasteiger partial charge in [-0.1, -0.05) is 0 Å². The fourth-order valence-electron chi connectivity index (χ4n) is 1.93. The zero-order chi connectivity index (χ0) is 13.9. The highest BCUT2D eigenvalue weighted by Crippen LogP contribution is 2.18. The molecule has 19 heavy (non-hydrogen) atoms. The van der Waals surface area contributed by atoms with Gasteiger partial charge in [0.15, 0.2) is 0 Å². The zero-order valence-corrected chi connectivity index (χ0v) is 12.3. The van der Waals surface area contributed by atoms with Crippen molar-refractivity contribution in [1.82, 2.24) is 15.1 Å². The number of nitrogens with one attached hydrogen (secondary N) is 2. The van der Waals surface area contributed by atoms with Crippen LogP contribution in [0.25, 0.3) is 0 Å². The van der Waals surface area contributed by atoms with Crippen molar-refractivity contribution in [3.63, 3.8) is 0 Å². The van der Waals surface area contributed by atoms with Crippen molar-refractivity contribution >= 4 is 15.7 Å². The lowest BCUT2D eigenvalue weighted by Gasteiger charge is -2.07. The Labute approximate surface area is 114 Å². The van der Waals surface area contributed by atoms with Gasteiger partial charge in [0.05, 0.1) is 17.1 Å². The first-order valence-electron chi connectivity index (χ1n) is 6.70. The molecule has 1 fully saturated rings. The quantitative estimate of drug-likeness (QED) is 0.699. The van der Waals surface area contributed by atoms with Crippen LogP contribution in [-0.2, 0) is 17.1 Å². The Morgan fingerprint density at radius 1 is 1.42 bits per heavy atom. The van der Waals surface area contributed by atoms with Crippen LogP contribution in [0.4, 0.5) is 5.69 Å². The molecular formula is C12H22N4O2S. The maximum absolute atomic E-state index is 11.9. The van der Waals surface area contributed by atoms with Crippen LogP contribution in [0.1, 0.15) is 31.4 Å². The smallest absolute Gasteiger partial charge is 0.232 e. The SMILES string of the molecule is Cc1nn(C)cc1NS(=O)(=O)CCCCNC1CC1. The van der Waals surface area contributed by atoms with Gasteiger partial charge < -0.3 is 5.32 Å². The zero-order valence-electron chi connectivity index (χ0n) is 11.5. The third kappa shape index (κ3) is 4.83. The summed E-state index contributed by atoms with van der Waals surface area (Å²) in [6.07, 6.45) is 5.78. The number of unbranched alkanes of at least 4 members (excludes halogenated alkanes) is 1. The monoisotopic (exact) mass is 286 g/mol. The van der Waals surface area contributed by atoms with Crippen LogP contribution in [0, 0.1) is 6.92 Å². The fourth-order valence-corrected chi connectivity index (χ4v) is 3.15. The largest absolute Gasteiger partial charge is 0.314 e. The third-order valence-corrected chi connectivity index (χ3v) is 4.49. The van der Waals surface area contributed by atoms with Crippen LogP contribution >= 0.6 is 0 Å². The lowest BCUT2D eigenvalue weighted by molar-refractivity contribution is 0.591. The van der Waals surface area contributed by atoms with Gasteiger partial charge in [0, 0.05) is 19.3 Å². The average molecular weight is 286 g/mol. The first kappa shape index (κ1) is 14.3. The molecule has 1 saturated carbocycles. The van der Waals surface area contributed by atoms with E-state index in [0.717, 1.165) is 13.0 Å². The second-order valence-electron chi connectivity index (χ2n) is 5.16. The number of anilines is 1. The molecule has 0 unspecified atom stereocenters. The molecule has 0 bridgehead atoms. The van der Waals surface area contributed by atoms with E-state index in [9.17, 15) is 8.42 Å². The number of aryl methyl sites for hydroxylation is 2. The van der Waals surface area contributed by atoms with Crippen molar-refractivity contribution in [2.75, 3.05) is 17.0 Å². The number of sulfonamides is 1. The van der Waals surface area contributed by atoms with Crippen molar-refractivity contribution in [1.29, 1.82) is 0 Å². The number of hydrogen-bond donors (Lipinski definition) is 2. The predicted octanol–water partition coefficient (Wildman–Crippen LogP) is 1.00. The van der Waals surface area contributed by atoms with Gasteiger partial charge in [-0.15, -0.1) is 0 Å². The van der Waals surface area contributed by atoms with Crippen LogP contribution in [0.3, 0.4) is 0 Å². The molecule has 0 spiro atoms. The summed E-state index contributed by atoms with van der Waals surface area (Å²) in [6.45, 7) is 2.70. The van der Waals surface area contributed by atoms with Crippen LogP contribution in [0.2, 0.25) is 0 Å². The molecule has 0 atom stereocenters. The standard InChI is InChI=1S/C12H22N4O2S/c1-10-12(9-16(2)14-10)15-19(17,18)8-4-3-7-13-11-5-6-11/h9,11,13,15H,3-8H2,1-2H3. The van der Waals surface area contributed by atoms with Crippen molar-refractivity contribution in [3.05, 3.63) is 11.9 Å². The Hall–Kier alpha value is -1.08. The summed E-state index contributed by atoms with van der Waals surface area (Å²) in [6, 6.07) is 0.688. The molecule has 7 heteroatoms. The van der Waals surface area contributed by atoms with Crippen molar-refractivity contribution in [2.45, 2.75) is 38.6 Å².